The molecule has 2 rings (SSSR count). The van der Waals surface area contributed by atoms with E-state index in [4.69, 9.17) is 0 Å². The number of benzene rings is 2. The summed E-state index contributed by atoms with van der Waals surface area (Å²) in [5.74, 6) is 0. The van der Waals surface area contributed by atoms with Crippen LogP contribution >= 0.6 is 0 Å². The van der Waals surface area contributed by atoms with Crippen LogP contribution in [0.2, 0.25) is 0 Å². The summed E-state index contributed by atoms with van der Waals surface area (Å²) in [5.41, 5.74) is 1.65. The number of alkyl halides is 3. The highest BCUT2D eigenvalue weighted by molar-refractivity contribution is 5.79. The van der Waals surface area contributed by atoms with Crippen LogP contribution in [0.3, 0.4) is 0 Å². The van der Waals surface area contributed by atoms with Gasteiger partial charge < -0.3 is 0 Å². The van der Waals surface area contributed by atoms with Crippen molar-refractivity contribution in [2.24, 2.45) is 0 Å². The Morgan fingerprint density at radius 1 is 0.895 bits per heavy atom. The first-order valence-corrected chi connectivity index (χ1v) is 5.92. The smallest absolute Gasteiger partial charge is 0.166 e. The largest absolute Gasteiger partial charge is 0.416 e. The van der Waals surface area contributed by atoms with Crippen molar-refractivity contribution in [2.75, 3.05) is 0 Å². The van der Waals surface area contributed by atoms with Crippen molar-refractivity contribution in [1.29, 1.82) is 0 Å². The van der Waals surface area contributed by atoms with E-state index in [1.54, 1.807) is 6.07 Å². The first kappa shape index (κ1) is 13.4. The van der Waals surface area contributed by atoms with Gasteiger partial charge in [0.05, 0.1) is 5.56 Å². The van der Waals surface area contributed by atoms with Gasteiger partial charge >= 0.3 is 6.18 Å². The standard InChI is InChI=1S/C16H13F3/c1-2-15(12-7-4-3-5-8-12)13-9-6-10-14(11-13)16(17,18)19/h2-11H,1H3/b15-2-. The summed E-state index contributed by atoms with van der Waals surface area (Å²) < 4.78 is 38.2. The highest BCUT2D eigenvalue weighted by Crippen LogP contribution is 2.32. The molecule has 0 nitrogen and oxygen atoms in total. The monoisotopic (exact) mass is 262 g/mol. The maximum absolute atomic E-state index is 12.7. The molecule has 0 radical (unpaired) electrons. The van der Waals surface area contributed by atoms with E-state index >= 15 is 0 Å². The van der Waals surface area contributed by atoms with Crippen LogP contribution in [0.25, 0.3) is 5.57 Å². The fourth-order valence-corrected chi connectivity index (χ4v) is 1.98. The van der Waals surface area contributed by atoms with E-state index in [0.29, 0.717) is 5.56 Å². The summed E-state index contributed by atoms with van der Waals surface area (Å²) in [5, 5.41) is 0. The fourth-order valence-electron chi connectivity index (χ4n) is 1.98. The summed E-state index contributed by atoms with van der Waals surface area (Å²) in [6.45, 7) is 1.82. The molecule has 0 aliphatic rings. The third-order valence-electron chi connectivity index (χ3n) is 2.87. The Bertz CT molecular complexity index is 580. The van der Waals surface area contributed by atoms with Crippen LogP contribution < -0.4 is 0 Å². The molecular weight excluding hydrogens is 249 g/mol. The van der Waals surface area contributed by atoms with Crippen LogP contribution in [0.4, 0.5) is 13.2 Å². The van der Waals surface area contributed by atoms with E-state index < -0.39 is 11.7 Å². The Morgan fingerprint density at radius 3 is 2.11 bits per heavy atom. The molecule has 2 aromatic rings. The molecule has 2 aromatic carbocycles. The number of halogens is 3. The zero-order valence-corrected chi connectivity index (χ0v) is 10.4. The molecule has 19 heavy (non-hydrogen) atoms. The normalized spacial score (nSPS) is 12.5. The average molecular weight is 262 g/mol. The molecule has 0 atom stereocenters. The van der Waals surface area contributed by atoms with Crippen LogP contribution in [0, 0.1) is 0 Å². The third kappa shape index (κ3) is 3.05. The van der Waals surface area contributed by atoms with Gasteiger partial charge in [0.25, 0.3) is 0 Å². The SMILES string of the molecule is C/C=C(/c1ccccc1)c1cccc(C(F)(F)F)c1. The number of hydrogen-bond donors (Lipinski definition) is 0. The Kier molecular flexibility index (Phi) is 3.74. The number of allylic oxidation sites excluding steroid dienone is 1. The van der Waals surface area contributed by atoms with Crippen LogP contribution in [0.1, 0.15) is 23.6 Å². The molecule has 0 heterocycles. The van der Waals surface area contributed by atoms with Gasteiger partial charge in [-0.1, -0.05) is 48.5 Å². The van der Waals surface area contributed by atoms with Gasteiger partial charge in [-0.15, -0.1) is 0 Å². The molecular formula is C16H13F3. The molecule has 0 saturated carbocycles. The van der Waals surface area contributed by atoms with Crippen molar-refractivity contribution in [3.63, 3.8) is 0 Å². The second kappa shape index (κ2) is 5.31. The highest BCUT2D eigenvalue weighted by Gasteiger charge is 2.30. The van der Waals surface area contributed by atoms with Crippen molar-refractivity contribution in [1.82, 2.24) is 0 Å². The van der Waals surface area contributed by atoms with Gasteiger partial charge in [0.2, 0.25) is 0 Å². The topological polar surface area (TPSA) is 0 Å². The van der Waals surface area contributed by atoms with Gasteiger partial charge in [-0.25, -0.2) is 0 Å². The number of rotatable bonds is 2. The summed E-state index contributed by atoms with van der Waals surface area (Å²) in [4.78, 5) is 0. The molecule has 0 unspecified atom stereocenters. The molecule has 0 bridgehead atoms. The molecule has 0 aliphatic carbocycles. The molecule has 0 saturated heterocycles. The van der Waals surface area contributed by atoms with Crippen LogP contribution in [-0.2, 0) is 6.18 Å². The minimum Gasteiger partial charge on any atom is -0.166 e. The lowest BCUT2D eigenvalue weighted by molar-refractivity contribution is -0.137. The van der Waals surface area contributed by atoms with Crippen molar-refractivity contribution >= 4 is 5.57 Å². The van der Waals surface area contributed by atoms with E-state index in [-0.39, 0.29) is 0 Å². The minimum atomic E-state index is -4.31. The van der Waals surface area contributed by atoms with Crippen molar-refractivity contribution in [3.05, 3.63) is 77.4 Å². The molecule has 0 aromatic heterocycles. The maximum Gasteiger partial charge on any atom is 0.416 e. The van der Waals surface area contributed by atoms with Gasteiger partial charge in [-0.3, -0.25) is 0 Å². The Balaban J connectivity index is 2.47. The first-order chi connectivity index (χ1) is 9.02. The molecule has 0 spiro atoms. The van der Waals surface area contributed by atoms with Crippen LogP contribution in [0.5, 0.6) is 0 Å². The summed E-state index contributed by atoms with van der Waals surface area (Å²) in [6.07, 6.45) is -2.49. The van der Waals surface area contributed by atoms with E-state index in [2.05, 4.69) is 0 Å². The van der Waals surface area contributed by atoms with Gasteiger partial charge in [0, 0.05) is 0 Å². The molecule has 0 fully saturated rings. The molecule has 0 amide bonds. The van der Waals surface area contributed by atoms with Crippen molar-refractivity contribution in [2.45, 2.75) is 13.1 Å². The van der Waals surface area contributed by atoms with Gasteiger partial charge in [0.15, 0.2) is 0 Å². The first-order valence-electron chi connectivity index (χ1n) is 5.92. The third-order valence-corrected chi connectivity index (χ3v) is 2.87. The zero-order chi connectivity index (χ0) is 13.9. The lowest BCUT2D eigenvalue weighted by atomic mass is 9.96. The number of hydrogen-bond acceptors (Lipinski definition) is 0. The molecule has 98 valence electrons. The second-order valence-electron chi connectivity index (χ2n) is 4.15. The van der Waals surface area contributed by atoms with Gasteiger partial charge in [0.1, 0.15) is 0 Å². The van der Waals surface area contributed by atoms with Crippen LogP contribution in [0.15, 0.2) is 60.7 Å². The summed E-state index contributed by atoms with van der Waals surface area (Å²) in [6, 6.07) is 14.8. The Labute approximate surface area is 110 Å². The maximum atomic E-state index is 12.7. The zero-order valence-electron chi connectivity index (χ0n) is 10.4. The lowest BCUT2D eigenvalue weighted by Gasteiger charge is -2.11. The molecule has 0 aliphatic heterocycles. The molecule has 3 heteroatoms. The minimum absolute atomic E-state index is 0.573. The predicted octanol–water partition coefficient (Wildman–Crippen LogP) is 5.16. The van der Waals surface area contributed by atoms with E-state index in [1.807, 2.05) is 43.3 Å². The van der Waals surface area contributed by atoms with Gasteiger partial charge in [-0.2, -0.15) is 13.2 Å². The van der Waals surface area contributed by atoms with E-state index in [9.17, 15) is 13.2 Å². The molecule has 0 N–H and O–H groups in total. The average Bonchev–Trinajstić information content (AvgIpc) is 2.40. The second-order valence-corrected chi connectivity index (χ2v) is 4.15. The van der Waals surface area contributed by atoms with Crippen molar-refractivity contribution < 1.29 is 13.2 Å². The quantitative estimate of drug-likeness (QED) is 0.701. The Hall–Kier alpha value is -2.03. The predicted molar refractivity (Wildman–Crippen MR) is 70.6 cm³/mol. The summed E-state index contributed by atoms with van der Waals surface area (Å²) in [7, 11) is 0. The van der Waals surface area contributed by atoms with Gasteiger partial charge in [-0.05, 0) is 35.8 Å². The van der Waals surface area contributed by atoms with Crippen molar-refractivity contribution in [3.8, 4) is 0 Å². The fraction of sp³-hybridized carbons (Fsp3) is 0.125. The van der Waals surface area contributed by atoms with E-state index in [0.717, 1.165) is 17.2 Å². The van der Waals surface area contributed by atoms with E-state index in [1.165, 1.54) is 12.1 Å². The Morgan fingerprint density at radius 2 is 1.53 bits per heavy atom. The lowest BCUT2D eigenvalue weighted by Crippen LogP contribution is -2.05. The summed E-state index contributed by atoms with van der Waals surface area (Å²) >= 11 is 0. The van der Waals surface area contributed by atoms with Crippen LogP contribution in [-0.4, -0.2) is 0 Å². The highest BCUT2D eigenvalue weighted by atomic mass is 19.4.